The molecule has 0 spiro atoms. The second-order valence-corrected chi connectivity index (χ2v) is 15.5. The summed E-state index contributed by atoms with van der Waals surface area (Å²) >= 11 is 0. The first-order valence-corrected chi connectivity index (χ1v) is 17.0. The highest BCUT2D eigenvalue weighted by atomic mass is 16.5. The van der Waals surface area contributed by atoms with E-state index in [0.29, 0.717) is 48.6 Å². The van der Waals surface area contributed by atoms with Crippen LogP contribution in [0.2, 0.25) is 0 Å². The Bertz CT molecular complexity index is 1350. The average Bonchev–Trinajstić information content (AvgIpc) is 3.24. The van der Waals surface area contributed by atoms with E-state index in [0.717, 1.165) is 31.3 Å². The molecule has 0 heterocycles. The number of amides is 1. The van der Waals surface area contributed by atoms with E-state index in [1.165, 1.54) is 12.5 Å². The van der Waals surface area contributed by atoms with Crippen molar-refractivity contribution < 1.29 is 29.3 Å². The highest BCUT2D eigenvalue weighted by Crippen LogP contribution is 2.74. The molecule has 7 heteroatoms. The third-order valence-corrected chi connectivity index (χ3v) is 12.9. The van der Waals surface area contributed by atoms with Crippen LogP contribution >= 0.6 is 0 Å². The quantitative estimate of drug-likeness (QED) is 0.169. The molecule has 0 aliphatic heterocycles. The number of methoxy groups -OCH3 is 1. The van der Waals surface area contributed by atoms with Gasteiger partial charge in [0.15, 0.2) is 0 Å². The molecule has 4 aliphatic carbocycles. The van der Waals surface area contributed by atoms with Gasteiger partial charge in [0.05, 0.1) is 19.3 Å². The summed E-state index contributed by atoms with van der Waals surface area (Å²) in [5.74, 6) is 0.665. The molecule has 1 amide bonds. The van der Waals surface area contributed by atoms with Crippen LogP contribution in [0.3, 0.4) is 0 Å². The Morgan fingerprint density at radius 1 is 1.00 bits per heavy atom. The maximum atomic E-state index is 14.2. The Morgan fingerprint density at radius 3 is 2.31 bits per heavy atom. The third-order valence-electron chi connectivity index (χ3n) is 12.9. The molecule has 0 aromatic heterocycles. The summed E-state index contributed by atoms with van der Waals surface area (Å²) in [6.07, 6.45) is 6.72. The lowest BCUT2D eigenvalue weighted by Gasteiger charge is -2.69. The number of nitrogens with one attached hydrogen (secondary N) is 1. The van der Waals surface area contributed by atoms with Crippen LogP contribution in [0.25, 0.3) is 0 Å². The van der Waals surface area contributed by atoms with E-state index >= 15 is 0 Å². The summed E-state index contributed by atoms with van der Waals surface area (Å²) in [6, 6.07) is 7.30. The number of rotatable bonds is 7. The molecule has 45 heavy (non-hydrogen) atoms. The van der Waals surface area contributed by atoms with E-state index in [1.54, 1.807) is 7.11 Å². The molecule has 0 bridgehead atoms. The van der Waals surface area contributed by atoms with Crippen LogP contribution in [0.4, 0.5) is 5.69 Å². The molecular weight excluding hydrogens is 566 g/mol. The van der Waals surface area contributed by atoms with Crippen LogP contribution in [-0.4, -0.2) is 47.5 Å². The molecule has 7 nitrogen and oxygen atoms in total. The van der Waals surface area contributed by atoms with Gasteiger partial charge in [0.1, 0.15) is 11.9 Å². The molecule has 248 valence electrons. The predicted octanol–water partition coefficient (Wildman–Crippen LogP) is 7.23. The molecular formula is C38H55NO6. The van der Waals surface area contributed by atoms with Crippen molar-refractivity contribution in [1.29, 1.82) is 0 Å². The first kappa shape index (κ1) is 33.7. The molecule has 1 aromatic rings. The first-order valence-electron chi connectivity index (χ1n) is 17.0. The van der Waals surface area contributed by atoms with Gasteiger partial charge in [-0.3, -0.25) is 9.59 Å². The average molecular weight is 622 g/mol. The molecule has 4 aliphatic rings. The number of fused-ring (bicyclic) bond motifs is 5. The van der Waals surface area contributed by atoms with Crippen molar-refractivity contribution in [1.82, 2.24) is 0 Å². The molecule has 0 saturated heterocycles. The van der Waals surface area contributed by atoms with Crippen LogP contribution < -0.4 is 10.1 Å². The van der Waals surface area contributed by atoms with Gasteiger partial charge in [-0.15, -0.1) is 0 Å². The standard InChI is InChI=1S/C38H55NO6/c1-22(2)10-9-11-27(35(43)39-25-12-14-26(44-8)15-13-25)33-29-20-31(42)34-36(5)18-17-30(41)23(3)28(36)16-19-37(34,6)38(29,7)21-32(33)45-24(4)40/h10,12-15,23,28-32,34,41-42H,9,11,16-21H2,1-8H3,(H,39,43)/b33-27-/t23-,28-,29-,30+,31+,32-,34-,36-,37-,38-/m0/s1. The smallest absolute Gasteiger partial charge is 0.303 e. The Morgan fingerprint density at radius 2 is 1.69 bits per heavy atom. The topological polar surface area (TPSA) is 105 Å². The maximum Gasteiger partial charge on any atom is 0.303 e. The van der Waals surface area contributed by atoms with Crippen molar-refractivity contribution in [3.05, 3.63) is 47.1 Å². The van der Waals surface area contributed by atoms with E-state index in [2.05, 4.69) is 52.9 Å². The summed E-state index contributed by atoms with van der Waals surface area (Å²) in [5.41, 5.74) is 2.78. The van der Waals surface area contributed by atoms with Gasteiger partial charge in [-0.2, -0.15) is 0 Å². The van der Waals surface area contributed by atoms with E-state index in [9.17, 15) is 19.8 Å². The summed E-state index contributed by atoms with van der Waals surface area (Å²) < 4.78 is 11.4. The van der Waals surface area contributed by atoms with Crippen molar-refractivity contribution in [3.8, 4) is 5.75 Å². The van der Waals surface area contributed by atoms with Crippen LogP contribution in [0.1, 0.15) is 99.8 Å². The second kappa shape index (κ2) is 12.5. The number of aliphatic hydroxyl groups excluding tert-OH is 2. The molecule has 3 N–H and O–H groups in total. The molecule has 4 saturated carbocycles. The van der Waals surface area contributed by atoms with E-state index in [1.807, 2.05) is 24.3 Å². The van der Waals surface area contributed by atoms with Gasteiger partial charge in [-0.05, 0) is 135 Å². The molecule has 0 radical (unpaired) electrons. The van der Waals surface area contributed by atoms with Gasteiger partial charge < -0.3 is 25.0 Å². The van der Waals surface area contributed by atoms with Gasteiger partial charge in [-0.1, -0.05) is 39.3 Å². The molecule has 4 fully saturated rings. The molecule has 1 aromatic carbocycles. The minimum absolute atomic E-state index is 0.0551. The number of aliphatic hydroxyl groups is 2. The summed E-state index contributed by atoms with van der Waals surface area (Å²) in [4.78, 5) is 26.8. The van der Waals surface area contributed by atoms with Gasteiger partial charge in [0.25, 0.3) is 5.91 Å². The number of hydrogen-bond donors (Lipinski definition) is 3. The zero-order chi connectivity index (χ0) is 32.9. The van der Waals surface area contributed by atoms with Crippen LogP contribution in [0, 0.1) is 39.9 Å². The van der Waals surface area contributed by atoms with Gasteiger partial charge in [-0.25, -0.2) is 0 Å². The maximum absolute atomic E-state index is 14.2. The monoisotopic (exact) mass is 621 g/mol. The van der Waals surface area contributed by atoms with Gasteiger partial charge in [0.2, 0.25) is 0 Å². The van der Waals surface area contributed by atoms with Crippen molar-refractivity contribution in [2.45, 2.75) is 118 Å². The van der Waals surface area contributed by atoms with Gasteiger partial charge in [0, 0.05) is 18.2 Å². The molecule has 5 rings (SSSR count). The normalized spacial score (nSPS) is 39.9. The minimum atomic E-state index is -0.557. The fourth-order valence-electron chi connectivity index (χ4n) is 10.7. The largest absolute Gasteiger partial charge is 0.497 e. The van der Waals surface area contributed by atoms with Crippen molar-refractivity contribution in [2.75, 3.05) is 12.4 Å². The lowest BCUT2D eigenvalue weighted by molar-refractivity contribution is -0.234. The van der Waals surface area contributed by atoms with Crippen LogP contribution in [0.15, 0.2) is 47.1 Å². The summed E-state index contributed by atoms with van der Waals surface area (Å²) in [5, 5.41) is 26.1. The van der Waals surface area contributed by atoms with Crippen LogP contribution in [-0.2, 0) is 14.3 Å². The highest BCUT2D eigenvalue weighted by molar-refractivity contribution is 6.04. The van der Waals surface area contributed by atoms with E-state index in [-0.39, 0.29) is 52.0 Å². The first-order chi connectivity index (χ1) is 21.2. The Labute approximate surface area is 269 Å². The fraction of sp³-hybridized carbons (Fsp3) is 0.684. The fourth-order valence-corrected chi connectivity index (χ4v) is 10.7. The predicted molar refractivity (Wildman–Crippen MR) is 177 cm³/mol. The van der Waals surface area contributed by atoms with Crippen molar-refractivity contribution in [2.24, 2.45) is 39.9 Å². The lowest BCUT2D eigenvalue weighted by Crippen LogP contribution is -2.65. The minimum Gasteiger partial charge on any atom is -0.497 e. The summed E-state index contributed by atoms with van der Waals surface area (Å²) in [6.45, 7) is 14.8. The van der Waals surface area contributed by atoms with Crippen LogP contribution in [0.5, 0.6) is 5.75 Å². The number of carbonyl (C=O) groups excluding carboxylic acids is 2. The van der Waals surface area contributed by atoms with E-state index < -0.39 is 12.2 Å². The lowest BCUT2D eigenvalue weighted by atomic mass is 9.36. The number of allylic oxidation sites excluding steroid dienone is 2. The number of benzene rings is 1. The Balaban J connectivity index is 1.60. The third kappa shape index (κ3) is 5.77. The van der Waals surface area contributed by atoms with Crippen molar-refractivity contribution in [3.63, 3.8) is 0 Å². The number of ether oxygens (including phenoxy) is 2. The Hall–Kier alpha value is -2.64. The Kier molecular flexibility index (Phi) is 9.38. The second-order valence-electron chi connectivity index (χ2n) is 15.5. The highest BCUT2D eigenvalue weighted by Gasteiger charge is 2.70. The number of hydrogen-bond acceptors (Lipinski definition) is 6. The molecule has 10 atom stereocenters. The zero-order valence-corrected chi connectivity index (χ0v) is 28.6. The van der Waals surface area contributed by atoms with Gasteiger partial charge >= 0.3 is 5.97 Å². The van der Waals surface area contributed by atoms with E-state index in [4.69, 9.17) is 9.47 Å². The molecule has 0 unspecified atom stereocenters. The SMILES string of the molecule is COc1ccc(NC(=O)/C(CCC=C(C)C)=C2\[C@@H](OC(C)=O)C[C@@]3(C)[C@H]2C[C@@H](O)[C@H]2[C@@]4(C)CC[C@@H](O)[C@@H](C)[C@@H]4CC[C@@]23C)cc1. The zero-order valence-electron chi connectivity index (χ0n) is 28.6. The number of carbonyl (C=O) groups is 2. The number of esters is 1. The van der Waals surface area contributed by atoms with Crippen molar-refractivity contribution >= 4 is 17.6 Å². The number of anilines is 1. The summed E-state index contributed by atoms with van der Waals surface area (Å²) in [7, 11) is 1.61.